The summed E-state index contributed by atoms with van der Waals surface area (Å²) in [4.78, 5) is 27.3. The molecule has 1 heterocycles. The van der Waals surface area contributed by atoms with Gasteiger partial charge in [-0.3, -0.25) is 4.79 Å². The van der Waals surface area contributed by atoms with E-state index in [1.54, 1.807) is 0 Å². The van der Waals surface area contributed by atoms with Crippen molar-refractivity contribution in [3.05, 3.63) is 35.9 Å². The van der Waals surface area contributed by atoms with E-state index < -0.39 is 0 Å². The van der Waals surface area contributed by atoms with Crippen LogP contribution in [0.3, 0.4) is 0 Å². The van der Waals surface area contributed by atoms with Gasteiger partial charge in [0.2, 0.25) is 5.91 Å². The van der Waals surface area contributed by atoms with Gasteiger partial charge in [-0.1, -0.05) is 51.1 Å². The molecule has 2 aliphatic carbocycles. The van der Waals surface area contributed by atoms with Gasteiger partial charge in [-0.2, -0.15) is 0 Å². The van der Waals surface area contributed by atoms with Gasteiger partial charge < -0.3 is 15.5 Å². The molecule has 4 rings (SSSR count). The van der Waals surface area contributed by atoms with Crippen molar-refractivity contribution in [3.63, 3.8) is 0 Å². The number of urea groups is 1. The molecule has 0 radical (unpaired) electrons. The lowest BCUT2D eigenvalue weighted by atomic mass is 9.69. The van der Waals surface area contributed by atoms with E-state index in [1.807, 2.05) is 35.2 Å². The molecule has 2 N–H and O–H groups in total. The summed E-state index contributed by atoms with van der Waals surface area (Å²) in [6, 6.07) is 10.3. The number of rotatable bonds is 4. The highest BCUT2D eigenvalue weighted by Gasteiger charge is 2.61. The molecular weight excluding hydrogens is 362 g/mol. The van der Waals surface area contributed by atoms with Gasteiger partial charge in [0.15, 0.2) is 0 Å². The Kier molecular flexibility index (Phi) is 5.34. The smallest absolute Gasteiger partial charge is 0.317 e. The van der Waals surface area contributed by atoms with Crippen LogP contribution in [0.2, 0.25) is 0 Å². The first kappa shape index (κ1) is 20.2. The lowest BCUT2D eigenvalue weighted by Crippen LogP contribution is -2.53. The third-order valence-corrected chi connectivity index (χ3v) is 8.55. The van der Waals surface area contributed by atoms with Crippen molar-refractivity contribution in [1.29, 1.82) is 0 Å². The molecular formula is C24H35N3O2. The predicted molar refractivity (Wildman–Crippen MR) is 114 cm³/mol. The molecule has 158 valence electrons. The van der Waals surface area contributed by atoms with Gasteiger partial charge in [-0.05, 0) is 54.4 Å². The molecule has 1 aromatic carbocycles. The summed E-state index contributed by atoms with van der Waals surface area (Å²) in [6.07, 6.45) is 5.08. The van der Waals surface area contributed by atoms with Gasteiger partial charge in [0.05, 0.1) is 0 Å². The lowest BCUT2D eigenvalue weighted by molar-refractivity contribution is -0.126. The van der Waals surface area contributed by atoms with E-state index in [4.69, 9.17) is 0 Å². The molecule has 2 bridgehead atoms. The zero-order chi connectivity index (χ0) is 20.6. The number of hydrogen-bond acceptors (Lipinski definition) is 2. The largest absolute Gasteiger partial charge is 0.352 e. The van der Waals surface area contributed by atoms with Crippen molar-refractivity contribution >= 4 is 11.9 Å². The quantitative estimate of drug-likeness (QED) is 0.808. The Morgan fingerprint density at radius 1 is 1.07 bits per heavy atom. The minimum absolute atomic E-state index is 0.00158. The van der Waals surface area contributed by atoms with Crippen molar-refractivity contribution < 1.29 is 9.59 Å². The number of nitrogens with zero attached hydrogens (tertiary/aromatic N) is 1. The molecule has 3 aliphatic rings. The van der Waals surface area contributed by atoms with Gasteiger partial charge in [0, 0.05) is 31.6 Å². The summed E-state index contributed by atoms with van der Waals surface area (Å²) in [5.41, 5.74) is 1.61. The standard InChI is InChI=1S/C24H35N3O2/c1-23(2)19-9-12-24(23,3)20(15-19)26-22(29)27-13-10-18(11-14-27)21(28)25-16-17-7-5-4-6-8-17/h4-8,18-20H,9-16H2,1-3H3,(H,25,28)(H,26,29). The third kappa shape index (κ3) is 3.64. The van der Waals surface area contributed by atoms with E-state index in [2.05, 4.69) is 31.4 Å². The van der Waals surface area contributed by atoms with Crippen LogP contribution < -0.4 is 10.6 Å². The number of carbonyl (C=O) groups is 2. The van der Waals surface area contributed by atoms with Crippen LogP contribution in [0, 0.1) is 22.7 Å². The number of piperidine rings is 1. The van der Waals surface area contributed by atoms with Crippen LogP contribution in [0.15, 0.2) is 30.3 Å². The number of nitrogens with one attached hydrogen (secondary N) is 2. The Hall–Kier alpha value is -2.04. The zero-order valence-corrected chi connectivity index (χ0v) is 18.0. The first-order valence-electron chi connectivity index (χ1n) is 11.2. The van der Waals surface area contributed by atoms with Gasteiger partial charge in [0.1, 0.15) is 0 Å². The van der Waals surface area contributed by atoms with Crippen molar-refractivity contribution in [3.8, 4) is 0 Å². The van der Waals surface area contributed by atoms with Crippen LogP contribution in [0.1, 0.15) is 58.4 Å². The first-order valence-corrected chi connectivity index (χ1v) is 11.2. The number of benzene rings is 1. The van der Waals surface area contributed by atoms with Gasteiger partial charge in [-0.15, -0.1) is 0 Å². The minimum atomic E-state index is 0.00158. The average molecular weight is 398 g/mol. The minimum Gasteiger partial charge on any atom is -0.352 e. The Bertz CT molecular complexity index is 755. The number of amides is 3. The fourth-order valence-corrected chi connectivity index (χ4v) is 5.94. The number of hydrogen-bond donors (Lipinski definition) is 2. The SMILES string of the molecule is CC1(C)C2CCC1(C)C(NC(=O)N1CCC(C(=O)NCc3ccccc3)CC1)C2. The molecule has 3 unspecified atom stereocenters. The fraction of sp³-hybridized carbons (Fsp3) is 0.667. The average Bonchev–Trinajstić information content (AvgIpc) is 3.06. The lowest BCUT2D eigenvalue weighted by Gasteiger charge is -2.40. The molecule has 5 nitrogen and oxygen atoms in total. The first-order chi connectivity index (χ1) is 13.8. The molecule has 3 atom stereocenters. The molecule has 1 saturated heterocycles. The Balaban J connectivity index is 1.24. The van der Waals surface area contributed by atoms with Crippen LogP contribution in [0.25, 0.3) is 0 Å². The fourth-order valence-electron chi connectivity index (χ4n) is 5.94. The Morgan fingerprint density at radius 3 is 2.34 bits per heavy atom. The Labute approximate surface area is 174 Å². The van der Waals surface area contributed by atoms with E-state index in [0.717, 1.165) is 30.7 Å². The molecule has 3 fully saturated rings. The highest BCUT2D eigenvalue weighted by molar-refractivity contribution is 5.79. The van der Waals surface area contributed by atoms with Crippen LogP contribution in [0.4, 0.5) is 4.79 Å². The van der Waals surface area contributed by atoms with Crippen LogP contribution in [-0.2, 0) is 11.3 Å². The van der Waals surface area contributed by atoms with Crippen LogP contribution in [0.5, 0.6) is 0 Å². The Morgan fingerprint density at radius 2 is 1.76 bits per heavy atom. The topological polar surface area (TPSA) is 61.4 Å². The maximum atomic E-state index is 12.9. The van der Waals surface area contributed by atoms with Gasteiger partial charge in [0.25, 0.3) is 0 Å². The molecule has 29 heavy (non-hydrogen) atoms. The van der Waals surface area contributed by atoms with Crippen molar-refractivity contribution in [2.24, 2.45) is 22.7 Å². The summed E-state index contributed by atoms with van der Waals surface area (Å²) >= 11 is 0. The molecule has 1 aliphatic heterocycles. The number of likely N-dealkylation sites (tertiary alicyclic amines) is 1. The van der Waals surface area contributed by atoms with Crippen LogP contribution >= 0.6 is 0 Å². The molecule has 0 aromatic heterocycles. The number of carbonyl (C=O) groups excluding carboxylic acids is 2. The second-order valence-electron chi connectivity index (χ2n) is 10.1. The molecule has 0 spiro atoms. The predicted octanol–water partition coefficient (Wildman–Crippen LogP) is 3.94. The summed E-state index contributed by atoms with van der Waals surface area (Å²) in [6.45, 7) is 8.98. The van der Waals surface area contributed by atoms with E-state index in [9.17, 15) is 9.59 Å². The summed E-state index contributed by atoms with van der Waals surface area (Å²) in [7, 11) is 0. The van der Waals surface area contributed by atoms with Gasteiger partial charge >= 0.3 is 6.03 Å². The maximum Gasteiger partial charge on any atom is 0.317 e. The van der Waals surface area contributed by atoms with Crippen molar-refractivity contribution in [2.75, 3.05) is 13.1 Å². The third-order valence-electron chi connectivity index (χ3n) is 8.55. The monoisotopic (exact) mass is 397 g/mol. The second kappa shape index (κ2) is 7.66. The highest BCUT2D eigenvalue weighted by Crippen LogP contribution is 2.65. The second-order valence-corrected chi connectivity index (χ2v) is 10.1. The maximum absolute atomic E-state index is 12.9. The van der Waals surface area contributed by atoms with Crippen molar-refractivity contribution in [1.82, 2.24) is 15.5 Å². The molecule has 3 amide bonds. The summed E-state index contributed by atoms with van der Waals surface area (Å²) in [5, 5.41) is 6.40. The molecule has 2 saturated carbocycles. The summed E-state index contributed by atoms with van der Waals surface area (Å²) in [5.74, 6) is 0.829. The van der Waals surface area contributed by atoms with E-state index in [1.165, 1.54) is 12.8 Å². The molecule has 1 aromatic rings. The van der Waals surface area contributed by atoms with E-state index in [-0.39, 0.29) is 29.3 Å². The zero-order valence-electron chi connectivity index (χ0n) is 18.0. The van der Waals surface area contributed by atoms with E-state index in [0.29, 0.717) is 25.0 Å². The van der Waals surface area contributed by atoms with E-state index >= 15 is 0 Å². The van der Waals surface area contributed by atoms with Crippen LogP contribution in [-0.4, -0.2) is 36.0 Å². The normalized spacial score (nSPS) is 30.9. The van der Waals surface area contributed by atoms with Gasteiger partial charge in [-0.25, -0.2) is 4.79 Å². The highest BCUT2D eigenvalue weighted by atomic mass is 16.2. The number of fused-ring (bicyclic) bond motifs is 2. The van der Waals surface area contributed by atoms with Crippen molar-refractivity contribution in [2.45, 2.75) is 65.5 Å². The molecule has 5 heteroatoms. The summed E-state index contributed by atoms with van der Waals surface area (Å²) < 4.78 is 0.